The highest BCUT2D eigenvalue weighted by atomic mass is 16.5. The number of benzene rings is 1. The number of esters is 1. The summed E-state index contributed by atoms with van der Waals surface area (Å²) < 4.78 is 10.8. The zero-order valence-corrected chi connectivity index (χ0v) is 12.8. The maximum Gasteiger partial charge on any atom is 0.327 e. The van der Waals surface area contributed by atoms with E-state index in [1.807, 2.05) is 45.0 Å². The van der Waals surface area contributed by atoms with Gasteiger partial charge in [0.2, 0.25) is 0 Å². The summed E-state index contributed by atoms with van der Waals surface area (Å²) in [6, 6.07) is 7.16. The lowest BCUT2D eigenvalue weighted by atomic mass is 10.1. The Labute approximate surface area is 121 Å². The Kier molecular flexibility index (Phi) is 7.09. The molecule has 0 radical (unpaired) electrons. The Hall–Kier alpha value is -1.55. The number of carbonyl (C=O) groups excluding carboxylic acids is 1. The van der Waals surface area contributed by atoms with Crippen molar-refractivity contribution in [3.8, 4) is 5.75 Å². The van der Waals surface area contributed by atoms with Gasteiger partial charge in [-0.3, -0.25) is 0 Å². The van der Waals surface area contributed by atoms with Crippen LogP contribution in [0.1, 0.15) is 45.7 Å². The molecule has 1 aromatic carbocycles. The third-order valence-electron chi connectivity index (χ3n) is 2.68. The molecule has 112 valence electrons. The van der Waals surface area contributed by atoms with E-state index in [4.69, 9.17) is 9.47 Å². The van der Waals surface area contributed by atoms with Crippen molar-refractivity contribution in [2.45, 2.75) is 46.3 Å². The van der Waals surface area contributed by atoms with Gasteiger partial charge in [-0.1, -0.05) is 19.1 Å². The number of ether oxygens (including phenoxy) is 2. The quantitative estimate of drug-likeness (QED) is 0.743. The van der Waals surface area contributed by atoms with Crippen molar-refractivity contribution >= 4 is 5.97 Å². The molecule has 1 N–H and O–H groups in total. The SMILES string of the molecule is CCCNC(C(=O)OCC)c1cccc(OC(C)C)c1. The topological polar surface area (TPSA) is 47.6 Å². The fraction of sp³-hybridized carbons (Fsp3) is 0.562. The van der Waals surface area contributed by atoms with E-state index in [0.29, 0.717) is 6.61 Å². The number of hydrogen-bond acceptors (Lipinski definition) is 4. The zero-order chi connectivity index (χ0) is 15.0. The van der Waals surface area contributed by atoms with Crippen molar-refractivity contribution < 1.29 is 14.3 Å². The van der Waals surface area contributed by atoms with Crippen molar-refractivity contribution in [3.05, 3.63) is 29.8 Å². The van der Waals surface area contributed by atoms with Crippen LogP contribution in [0, 0.1) is 0 Å². The van der Waals surface area contributed by atoms with E-state index < -0.39 is 6.04 Å². The largest absolute Gasteiger partial charge is 0.491 e. The van der Waals surface area contributed by atoms with Gasteiger partial charge < -0.3 is 14.8 Å². The van der Waals surface area contributed by atoms with Crippen LogP contribution in [0.5, 0.6) is 5.75 Å². The molecule has 1 aromatic rings. The molecule has 0 aliphatic carbocycles. The molecule has 1 atom stereocenters. The van der Waals surface area contributed by atoms with Crippen LogP contribution >= 0.6 is 0 Å². The first-order chi connectivity index (χ1) is 9.58. The van der Waals surface area contributed by atoms with Crippen LogP contribution in [-0.4, -0.2) is 25.2 Å². The molecule has 4 nitrogen and oxygen atoms in total. The summed E-state index contributed by atoms with van der Waals surface area (Å²) in [7, 11) is 0. The summed E-state index contributed by atoms with van der Waals surface area (Å²) in [5.74, 6) is 0.521. The normalized spacial score (nSPS) is 12.2. The van der Waals surface area contributed by atoms with Crippen molar-refractivity contribution in [1.82, 2.24) is 5.32 Å². The summed E-state index contributed by atoms with van der Waals surface area (Å²) in [6.45, 7) is 8.97. The molecule has 1 rings (SSSR count). The van der Waals surface area contributed by atoms with Crippen LogP contribution in [0.2, 0.25) is 0 Å². The van der Waals surface area contributed by atoms with Gasteiger partial charge in [0.25, 0.3) is 0 Å². The van der Waals surface area contributed by atoms with Gasteiger partial charge >= 0.3 is 5.97 Å². The zero-order valence-electron chi connectivity index (χ0n) is 12.8. The molecule has 0 fully saturated rings. The fourth-order valence-corrected chi connectivity index (χ4v) is 1.89. The predicted octanol–water partition coefficient (Wildman–Crippen LogP) is 3.08. The van der Waals surface area contributed by atoms with E-state index in [-0.39, 0.29) is 12.1 Å². The first-order valence-corrected chi connectivity index (χ1v) is 7.25. The summed E-state index contributed by atoms with van der Waals surface area (Å²) in [6.07, 6.45) is 1.06. The number of nitrogens with one attached hydrogen (secondary N) is 1. The molecular formula is C16H25NO3. The van der Waals surface area contributed by atoms with Crippen LogP contribution in [0.4, 0.5) is 0 Å². The smallest absolute Gasteiger partial charge is 0.327 e. The van der Waals surface area contributed by atoms with E-state index >= 15 is 0 Å². The summed E-state index contributed by atoms with van der Waals surface area (Å²) in [4.78, 5) is 12.1. The lowest BCUT2D eigenvalue weighted by Crippen LogP contribution is -2.30. The Morgan fingerprint density at radius 3 is 2.65 bits per heavy atom. The summed E-state index contributed by atoms with van der Waals surface area (Å²) in [5, 5.41) is 3.22. The fourth-order valence-electron chi connectivity index (χ4n) is 1.89. The van der Waals surface area contributed by atoms with Gasteiger partial charge in [-0.15, -0.1) is 0 Å². The predicted molar refractivity (Wildman–Crippen MR) is 79.9 cm³/mol. The molecule has 0 saturated heterocycles. The highest BCUT2D eigenvalue weighted by Crippen LogP contribution is 2.21. The van der Waals surface area contributed by atoms with Crippen molar-refractivity contribution in [2.24, 2.45) is 0 Å². The minimum atomic E-state index is -0.439. The number of carbonyl (C=O) groups is 1. The lowest BCUT2D eigenvalue weighted by Gasteiger charge is -2.18. The molecule has 20 heavy (non-hydrogen) atoms. The second-order valence-corrected chi connectivity index (χ2v) is 4.88. The average Bonchev–Trinajstić information content (AvgIpc) is 2.39. The van der Waals surface area contributed by atoms with Crippen LogP contribution in [0.3, 0.4) is 0 Å². The van der Waals surface area contributed by atoms with Gasteiger partial charge in [0, 0.05) is 0 Å². The second kappa shape index (κ2) is 8.59. The second-order valence-electron chi connectivity index (χ2n) is 4.88. The maximum absolute atomic E-state index is 12.1. The Bertz CT molecular complexity index is 418. The Balaban J connectivity index is 2.91. The average molecular weight is 279 g/mol. The standard InChI is InChI=1S/C16H25NO3/c1-5-10-17-15(16(18)19-6-2)13-8-7-9-14(11-13)20-12(3)4/h7-9,11-12,15,17H,5-6,10H2,1-4H3. The third-order valence-corrected chi connectivity index (χ3v) is 2.68. The minimum Gasteiger partial charge on any atom is -0.491 e. The highest BCUT2D eigenvalue weighted by Gasteiger charge is 2.21. The third kappa shape index (κ3) is 5.21. The van der Waals surface area contributed by atoms with Gasteiger partial charge in [0.05, 0.1) is 12.7 Å². The Morgan fingerprint density at radius 2 is 2.05 bits per heavy atom. The minimum absolute atomic E-state index is 0.106. The van der Waals surface area contributed by atoms with Crippen LogP contribution in [0.25, 0.3) is 0 Å². The van der Waals surface area contributed by atoms with Crippen molar-refractivity contribution in [2.75, 3.05) is 13.2 Å². The van der Waals surface area contributed by atoms with Crippen LogP contribution in [0.15, 0.2) is 24.3 Å². The molecule has 1 unspecified atom stereocenters. The first-order valence-electron chi connectivity index (χ1n) is 7.25. The first kappa shape index (κ1) is 16.5. The van der Waals surface area contributed by atoms with E-state index in [0.717, 1.165) is 24.3 Å². The molecule has 0 aliphatic rings. The summed E-state index contributed by atoms with van der Waals surface area (Å²) in [5.41, 5.74) is 0.870. The molecule has 0 saturated carbocycles. The number of hydrogen-bond donors (Lipinski definition) is 1. The number of rotatable bonds is 8. The van der Waals surface area contributed by atoms with Gasteiger partial charge in [-0.05, 0) is 51.4 Å². The van der Waals surface area contributed by atoms with Crippen molar-refractivity contribution in [1.29, 1.82) is 0 Å². The van der Waals surface area contributed by atoms with E-state index in [1.165, 1.54) is 0 Å². The monoisotopic (exact) mass is 279 g/mol. The molecular weight excluding hydrogens is 254 g/mol. The highest BCUT2D eigenvalue weighted by molar-refractivity contribution is 5.77. The molecule has 0 bridgehead atoms. The van der Waals surface area contributed by atoms with Crippen LogP contribution in [-0.2, 0) is 9.53 Å². The van der Waals surface area contributed by atoms with Gasteiger partial charge in [0.1, 0.15) is 11.8 Å². The molecule has 4 heteroatoms. The maximum atomic E-state index is 12.1. The molecule has 0 aliphatic heterocycles. The summed E-state index contributed by atoms with van der Waals surface area (Å²) >= 11 is 0. The lowest BCUT2D eigenvalue weighted by molar-refractivity contribution is -0.145. The molecule has 0 aromatic heterocycles. The van der Waals surface area contributed by atoms with Gasteiger partial charge in [0.15, 0.2) is 0 Å². The van der Waals surface area contributed by atoms with Crippen molar-refractivity contribution in [3.63, 3.8) is 0 Å². The van der Waals surface area contributed by atoms with E-state index in [1.54, 1.807) is 0 Å². The van der Waals surface area contributed by atoms with Crippen LogP contribution < -0.4 is 10.1 Å². The van der Waals surface area contributed by atoms with Gasteiger partial charge in [-0.25, -0.2) is 4.79 Å². The molecule has 0 heterocycles. The molecule has 0 spiro atoms. The van der Waals surface area contributed by atoms with Gasteiger partial charge in [-0.2, -0.15) is 0 Å². The van der Waals surface area contributed by atoms with E-state index in [9.17, 15) is 4.79 Å². The van der Waals surface area contributed by atoms with E-state index in [2.05, 4.69) is 12.2 Å². The molecule has 0 amide bonds. The Morgan fingerprint density at radius 1 is 1.30 bits per heavy atom.